The Morgan fingerprint density at radius 1 is 1.07 bits per heavy atom. The molecule has 0 N–H and O–H groups in total. The number of likely N-dealkylation sites (tertiary alicyclic amines) is 1. The summed E-state index contributed by atoms with van der Waals surface area (Å²) in [5, 5.41) is 1.21. The lowest BCUT2D eigenvalue weighted by molar-refractivity contribution is 0.142. The first-order valence-electron chi connectivity index (χ1n) is 11.1. The standard InChI is InChI=1S/C26H33N3O/c1-28(20-24-12-11-23-7-3-4-8-26(23)27-24)18-22-6-5-16-29(19-22)17-15-21-9-13-25(30-2)14-10-21/h3-4,7-14,22H,5-6,15-20H2,1-2H3. The van der Waals surface area contributed by atoms with Crippen molar-refractivity contribution < 1.29 is 4.74 Å². The molecule has 2 heterocycles. The molecule has 1 aliphatic rings. The molecule has 0 aliphatic carbocycles. The minimum atomic E-state index is 0.736. The van der Waals surface area contributed by atoms with E-state index in [-0.39, 0.29) is 0 Å². The summed E-state index contributed by atoms with van der Waals surface area (Å²) in [5.74, 6) is 1.67. The van der Waals surface area contributed by atoms with Gasteiger partial charge in [0, 0.05) is 31.6 Å². The van der Waals surface area contributed by atoms with Crippen LogP contribution in [0.25, 0.3) is 10.9 Å². The number of pyridine rings is 1. The fourth-order valence-corrected chi connectivity index (χ4v) is 4.56. The maximum atomic E-state index is 5.26. The normalized spacial score (nSPS) is 17.5. The Hall–Kier alpha value is -2.43. The molecule has 4 heteroatoms. The number of methoxy groups -OCH3 is 1. The highest BCUT2D eigenvalue weighted by Gasteiger charge is 2.21. The lowest BCUT2D eigenvalue weighted by Crippen LogP contribution is -2.40. The Morgan fingerprint density at radius 2 is 1.90 bits per heavy atom. The van der Waals surface area contributed by atoms with E-state index < -0.39 is 0 Å². The molecule has 1 atom stereocenters. The van der Waals surface area contributed by atoms with Gasteiger partial charge < -0.3 is 14.5 Å². The van der Waals surface area contributed by atoms with Crippen LogP contribution in [0.2, 0.25) is 0 Å². The van der Waals surface area contributed by atoms with E-state index >= 15 is 0 Å². The molecule has 1 unspecified atom stereocenters. The fourth-order valence-electron chi connectivity index (χ4n) is 4.56. The van der Waals surface area contributed by atoms with Crippen LogP contribution in [0.1, 0.15) is 24.1 Å². The Balaban J connectivity index is 1.26. The van der Waals surface area contributed by atoms with Crippen LogP contribution in [0.15, 0.2) is 60.7 Å². The van der Waals surface area contributed by atoms with E-state index in [1.807, 2.05) is 0 Å². The average molecular weight is 404 g/mol. The van der Waals surface area contributed by atoms with E-state index in [4.69, 9.17) is 9.72 Å². The second-order valence-electron chi connectivity index (χ2n) is 8.60. The number of hydrogen-bond donors (Lipinski definition) is 0. The maximum Gasteiger partial charge on any atom is 0.118 e. The van der Waals surface area contributed by atoms with Gasteiger partial charge in [0.05, 0.1) is 18.3 Å². The lowest BCUT2D eigenvalue weighted by atomic mass is 9.97. The highest BCUT2D eigenvalue weighted by molar-refractivity contribution is 5.78. The van der Waals surface area contributed by atoms with Crippen LogP contribution in [-0.2, 0) is 13.0 Å². The summed E-state index contributed by atoms with van der Waals surface area (Å²) >= 11 is 0. The van der Waals surface area contributed by atoms with Crippen molar-refractivity contribution in [1.82, 2.24) is 14.8 Å². The molecule has 1 saturated heterocycles. The molecule has 1 aliphatic heterocycles. The van der Waals surface area contributed by atoms with Gasteiger partial charge in [0.25, 0.3) is 0 Å². The Bertz CT molecular complexity index is 940. The Kier molecular flexibility index (Phi) is 6.98. The third kappa shape index (κ3) is 5.59. The smallest absolute Gasteiger partial charge is 0.118 e. The van der Waals surface area contributed by atoms with Crippen molar-refractivity contribution in [3.63, 3.8) is 0 Å². The van der Waals surface area contributed by atoms with Gasteiger partial charge in [-0.1, -0.05) is 36.4 Å². The van der Waals surface area contributed by atoms with Crippen molar-refractivity contribution in [2.45, 2.75) is 25.8 Å². The van der Waals surface area contributed by atoms with Crippen LogP contribution in [0.4, 0.5) is 0 Å². The summed E-state index contributed by atoms with van der Waals surface area (Å²) in [5.41, 5.74) is 3.63. The SMILES string of the molecule is COc1ccc(CCN2CCCC(CN(C)Cc3ccc4ccccc4n3)C2)cc1. The molecule has 1 fully saturated rings. The molecule has 0 radical (unpaired) electrons. The Labute approximate surface area is 180 Å². The predicted molar refractivity (Wildman–Crippen MR) is 124 cm³/mol. The van der Waals surface area contributed by atoms with Crippen molar-refractivity contribution in [3.8, 4) is 5.75 Å². The number of rotatable bonds is 8. The van der Waals surface area contributed by atoms with E-state index in [2.05, 4.69) is 77.5 Å². The number of nitrogens with zero attached hydrogens (tertiary/aromatic N) is 3. The summed E-state index contributed by atoms with van der Waals surface area (Å²) in [4.78, 5) is 9.92. The van der Waals surface area contributed by atoms with Gasteiger partial charge in [0.2, 0.25) is 0 Å². The molecule has 2 aromatic carbocycles. The van der Waals surface area contributed by atoms with Gasteiger partial charge >= 0.3 is 0 Å². The van der Waals surface area contributed by atoms with Crippen LogP contribution in [0.5, 0.6) is 5.75 Å². The maximum absolute atomic E-state index is 5.26. The first kappa shape index (κ1) is 20.8. The molecule has 0 amide bonds. The molecule has 1 aromatic heterocycles. The largest absolute Gasteiger partial charge is 0.497 e. The van der Waals surface area contributed by atoms with Crippen molar-refractivity contribution in [1.29, 1.82) is 0 Å². The molecular formula is C26H33N3O. The van der Waals surface area contributed by atoms with Gasteiger partial charge in [-0.2, -0.15) is 0 Å². The van der Waals surface area contributed by atoms with Crippen molar-refractivity contribution in [2.75, 3.05) is 40.3 Å². The summed E-state index contributed by atoms with van der Waals surface area (Å²) in [6.07, 6.45) is 3.73. The van der Waals surface area contributed by atoms with Gasteiger partial charge in [-0.05, 0) is 68.6 Å². The van der Waals surface area contributed by atoms with E-state index in [9.17, 15) is 0 Å². The molecule has 30 heavy (non-hydrogen) atoms. The summed E-state index contributed by atoms with van der Waals surface area (Å²) in [6, 6.07) is 21.2. The quantitative estimate of drug-likeness (QED) is 0.548. The molecule has 4 rings (SSSR count). The van der Waals surface area contributed by atoms with Gasteiger partial charge in [-0.15, -0.1) is 0 Å². The number of aromatic nitrogens is 1. The van der Waals surface area contributed by atoms with Crippen LogP contribution in [0, 0.1) is 5.92 Å². The number of benzene rings is 2. The number of piperidine rings is 1. The van der Waals surface area contributed by atoms with Crippen LogP contribution < -0.4 is 4.74 Å². The van der Waals surface area contributed by atoms with E-state index in [0.29, 0.717) is 0 Å². The van der Waals surface area contributed by atoms with Crippen LogP contribution in [0.3, 0.4) is 0 Å². The predicted octanol–water partition coefficient (Wildman–Crippen LogP) is 4.63. The van der Waals surface area contributed by atoms with E-state index in [1.54, 1.807) is 7.11 Å². The average Bonchev–Trinajstić information content (AvgIpc) is 2.78. The van der Waals surface area contributed by atoms with Gasteiger partial charge in [-0.3, -0.25) is 4.98 Å². The number of hydrogen-bond acceptors (Lipinski definition) is 4. The minimum Gasteiger partial charge on any atom is -0.497 e. The highest BCUT2D eigenvalue weighted by Crippen LogP contribution is 2.20. The zero-order valence-corrected chi connectivity index (χ0v) is 18.3. The summed E-state index contributed by atoms with van der Waals surface area (Å²) in [7, 11) is 3.95. The summed E-state index contributed by atoms with van der Waals surface area (Å²) < 4.78 is 5.26. The first-order valence-corrected chi connectivity index (χ1v) is 11.1. The van der Waals surface area contributed by atoms with Crippen LogP contribution >= 0.6 is 0 Å². The minimum absolute atomic E-state index is 0.736. The molecule has 0 bridgehead atoms. The summed E-state index contributed by atoms with van der Waals surface area (Å²) in [6.45, 7) is 5.60. The van der Waals surface area contributed by atoms with Gasteiger partial charge in [-0.25, -0.2) is 0 Å². The van der Waals surface area contributed by atoms with Gasteiger partial charge in [0.1, 0.15) is 5.75 Å². The molecule has 0 spiro atoms. The van der Waals surface area contributed by atoms with Crippen molar-refractivity contribution in [3.05, 3.63) is 71.9 Å². The zero-order chi connectivity index (χ0) is 20.8. The molecule has 4 nitrogen and oxygen atoms in total. The lowest BCUT2D eigenvalue weighted by Gasteiger charge is -2.34. The topological polar surface area (TPSA) is 28.6 Å². The number of ether oxygens (including phenoxy) is 1. The zero-order valence-electron chi connectivity index (χ0n) is 18.3. The highest BCUT2D eigenvalue weighted by atomic mass is 16.5. The van der Waals surface area contributed by atoms with Crippen molar-refractivity contribution >= 4 is 10.9 Å². The number of para-hydroxylation sites is 1. The fraction of sp³-hybridized carbons (Fsp3) is 0.423. The van der Waals surface area contributed by atoms with E-state index in [0.717, 1.165) is 48.9 Å². The molecule has 3 aromatic rings. The van der Waals surface area contributed by atoms with Crippen LogP contribution in [-0.4, -0.2) is 55.1 Å². The molecular weight excluding hydrogens is 370 g/mol. The number of fused-ring (bicyclic) bond motifs is 1. The monoisotopic (exact) mass is 403 g/mol. The second-order valence-corrected chi connectivity index (χ2v) is 8.60. The van der Waals surface area contributed by atoms with Gasteiger partial charge in [0.15, 0.2) is 0 Å². The molecule has 158 valence electrons. The second kappa shape index (κ2) is 10.1. The molecule has 0 saturated carbocycles. The first-order chi connectivity index (χ1) is 14.7. The van der Waals surface area contributed by atoms with Crippen molar-refractivity contribution in [2.24, 2.45) is 5.92 Å². The third-order valence-electron chi connectivity index (χ3n) is 6.14. The Morgan fingerprint density at radius 3 is 2.73 bits per heavy atom. The third-order valence-corrected chi connectivity index (χ3v) is 6.14. The van der Waals surface area contributed by atoms with E-state index in [1.165, 1.54) is 36.9 Å².